The summed E-state index contributed by atoms with van der Waals surface area (Å²) in [6.07, 6.45) is 1.10. The maximum Gasteiger partial charge on any atom is 0.253 e. The second-order valence-corrected chi connectivity index (χ2v) is 7.78. The van der Waals surface area contributed by atoms with Gasteiger partial charge in [-0.05, 0) is 30.2 Å². The number of carbonyl (C=O) groups is 3. The molecule has 6 nitrogen and oxygen atoms in total. The second kappa shape index (κ2) is 6.50. The second-order valence-electron chi connectivity index (χ2n) is 7.78. The van der Waals surface area contributed by atoms with Crippen LogP contribution in [0.3, 0.4) is 0 Å². The van der Waals surface area contributed by atoms with Crippen molar-refractivity contribution in [2.75, 3.05) is 31.5 Å². The molecule has 0 unspecified atom stereocenters. The molecular weight excluding hydrogens is 318 g/mol. The first-order chi connectivity index (χ1) is 11.8. The lowest BCUT2D eigenvalue weighted by Crippen LogP contribution is -2.42. The number of benzene rings is 1. The fraction of sp³-hybridized carbons (Fsp3) is 0.526. The quantitative estimate of drug-likeness (QED) is 0.847. The predicted molar refractivity (Wildman–Crippen MR) is 95.3 cm³/mol. The molecule has 0 spiro atoms. The van der Waals surface area contributed by atoms with Crippen LogP contribution in [0.4, 0.5) is 5.69 Å². The smallest absolute Gasteiger partial charge is 0.253 e. The van der Waals surface area contributed by atoms with Crippen molar-refractivity contribution in [3.8, 4) is 0 Å². The molecule has 2 aliphatic heterocycles. The Labute approximate surface area is 148 Å². The van der Waals surface area contributed by atoms with Gasteiger partial charge in [0.05, 0.1) is 6.42 Å². The van der Waals surface area contributed by atoms with Gasteiger partial charge in [-0.3, -0.25) is 14.4 Å². The van der Waals surface area contributed by atoms with Crippen LogP contribution in [0, 0.1) is 5.41 Å². The summed E-state index contributed by atoms with van der Waals surface area (Å²) in [5.74, 6) is 0.0572. The van der Waals surface area contributed by atoms with E-state index in [1.54, 1.807) is 18.2 Å². The molecule has 2 aliphatic rings. The van der Waals surface area contributed by atoms with Crippen LogP contribution in [0.5, 0.6) is 0 Å². The molecule has 3 amide bonds. The number of fused-ring (bicyclic) bond motifs is 1. The van der Waals surface area contributed by atoms with Gasteiger partial charge in [0.2, 0.25) is 11.8 Å². The van der Waals surface area contributed by atoms with Crippen molar-refractivity contribution in [3.63, 3.8) is 0 Å². The molecule has 0 bridgehead atoms. The zero-order valence-electron chi connectivity index (χ0n) is 15.1. The normalized spacial score (nSPS) is 17.8. The molecule has 3 rings (SSSR count). The fourth-order valence-electron chi connectivity index (χ4n) is 3.34. The van der Waals surface area contributed by atoms with Crippen molar-refractivity contribution in [2.24, 2.45) is 5.41 Å². The van der Waals surface area contributed by atoms with Gasteiger partial charge in [0.1, 0.15) is 0 Å². The molecule has 2 heterocycles. The van der Waals surface area contributed by atoms with Crippen LogP contribution >= 0.6 is 0 Å². The van der Waals surface area contributed by atoms with E-state index < -0.39 is 5.41 Å². The van der Waals surface area contributed by atoms with E-state index in [-0.39, 0.29) is 17.7 Å². The number of hydrogen-bond acceptors (Lipinski definition) is 3. The van der Waals surface area contributed by atoms with Gasteiger partial charge < -0.3 is 15.1 Å². The number of anilines is 1. The molecule has 0 radical (unpaired) electrons. The van der Waals surface area contributed by atoms with Crippen LogP contribution in [-0.4, -0.2) is 53.7 Å². The summed E-state index contributed by atoms with van der Waals surface area (Å²) >= 11 is 0. The van der Waals surface area contributed by atoms with E-state index in [9.17, 15) is 14.4 Å². The Bertz CT molecular complexity index is 721. The van der Waals surface area contributed by atoms with Crippen molar-refractivity contribution >= 4 is 23.4 Å². The summed E-state index contributed by atoms with van der Waals surface area (Å²) in [7, 11) is 0. The van der Waals surface area contributed by atoms with E-state index in [2.05, 4.69) is 5.32 Å². The molecule has 25 heavy (non-hydrogen) atoms. The number of nitrogens with one attached hydrogen (secondary N) is 1. The first-order valence-electron chi connectivity index (χ1n) is 8.77. The summed E-state index contributed by atoms with van der Waals surface area (Å²) in [6, 6.07) is 5.36. The molecule has 0 aliphatic carbocycles. The topological polar surface area (TPSA) is 69.7 Å². The maximum atomic E-state index is 12.8. The Morgan fingerprint density at radius 1 is 1.04 bits per heavy atom. The summed E-state index contributed by atoms with van der Waals surface area (Å²) in [6.45, 7) is 8.18. The molecule has 134 valence electrons. The van der Waals surface area contributed by atoms with E-state index in [0.717, 1.165) is 17.7 Å². The van der Waals surface area contributed by atoms with Crippen LogP contribution in [0.1, 0.15) is 43.1 Å². The molecular formula is C19H25N3O3. The van der Waals surface area contributed by atoms with E-state index in [4.69, 9.17) is 0 Å². The Morgan fingerprint density at radius 2 is 1.72 bits per heavy atom. The Kier molecular flexibility index (Phi) is 4.54. The highest BCUT2D eigenvalue weighted by Gasteiger charge is 2.30. The maximum absolute atomic E-state index is 12.8. The van der Waals surface area contributed by atoms with Gasteiger partial charge in [0, 0.05) is 42.8 Å². The van der Waals surface area contributed by atoms with Gasteiger partial charge in [-0.15, -0.1) is 0 Å². The third-order valence-corrected chi connectivity index (χ3v) is 4.69. The van der Waals surface area contributed by atoms with Gasteiger partial charge in [-0.1, -0.05) is 20.8 Å². The van der Waals surface area contributed by atoms with Crippen LogP contribution in [0.15, 0.2) is 18.2 Å². The number of carbonyl (C=O) groups excluding carboxylic acids is 3. The highest BCUT2D eigenvalue weighted by molar-refractivity contribution is 6.01. The van der Waals surface area contributed by atoms with Crippen molar-refractivity contribution in [2.45, 2.75) is 33.6 Å². The van der Waals surface area contributed by atoms with Gasteiger partial charge in [0.15, 0.2) is 0 Å². The first-order valence-corrected chi connectivity index (χ1v) is 8.77. The average molecular weight is 343 g/mol. The van der Waals surface area contributed by atoms with Crippen LogP contribution in [0.2, 0.25) is 0 Å². The van der Waals surface area contributed by atoms with E-state index >= 15 is 0 Å². The van der Waals surface area contributed by atoms with Crippen molar-refractivity contribution in [3.05, 3.63) is 29.3 Å². The van der Waals surface area contributed by atoms with Crippen molar-refractivity contribution in [1.82, 2.24) is 9.80 Å². The fourth-order valence-corrected chi connectivity index (χ4v) is 3.34. The molecule has 0 saturated carbocycles. The number of hydrogen-bond donors (Lipinski definition) is 1. The van der Waals surface area contributed by atoms with Crippen LogP contribution in [-0.2, 0) is 16.0 Å². The summed E-state index contributed by atoms with van der Waals surface area (Å²) in [4.78, 5) is 40.4. The number of amides is 3. The molecule has 1 aromatic rings. The van der Waals surface area contributed by atoms with Gasteiger partial charge in [0.25, 0.3) is 5.91 Å². The molecule has 1 saturated heterocycles. The molecule has 0 aromatic heterocycles. The predicted octanol–water partition coefficient (Wildman–Crippen LogP) is 1.90. The lowest BCUT2D eigenvalue weighted by molar-refractivity contribution is -0.139. The Morgan fingerprint density at radius 3 is 2.44 bits per heavy atom. The average Bonchev–Trinajstić information content (AvgIpc) is 2.76. The zero-order valence-corrected chi connectivity index (χ0v) is 15.1. The monoisotopic (exact) mass is 343 g/mol. The van der Waals surface area contributed by atoms with E-state index in [0.29, 0.717) is 38.2 Å². The van der Waals surface area contributed by atoms with Gasteiger partial charge >= 0.3 is 0 Å². The van der Waals surface area contributed by atoms with Crippen molar-refractivity contribution in [1.29, 1.82) is 0 Å². The minimum Gasteiger partial charge on any atom is -0.340 e. The van der Waals surface area contributed by atoms with Crippen LogP contribution < -0.4 is 5.32 Å². The highest BCUT2D eigenvalue weighted by atomic mass is 16.2. The Balaban J connectivity index is 1.69. The lowest BCUT2D eigenvalue weighted by atomic mass is 9.94. The van der Waals surface area contributed by atoms with E-state index in [1.807, 2.05) is 30.6 Å². The van der Waals surface area contributed by atoms with Gasteiger partial charge in [-0.2, -0.15) is 0 Å². The van der Waals surface area contributed by atoms with Crippen LogP contribution in [0.25, 0.3) is 0 Å². The third kappa shape index (κ3) is 3.67. The van der Waals surface area contributed by atoms with Gasteiger partial charge in [-0.25, -0.2) is 0 Å². The summed E-state index contributed by atoms with van der Waals surface area (Å²) in [5.41, 5.74) is 1.86. The minimum atomic E-state index is -0.404. The molecule has 6 heteroatoms. The Hall–Kier alpha value is -2.37. The standard InChI is InChI=1S/C19H25N3O3/c1-19(2,3)18(25)22-8-4-7-21(9-10-22)17(24)13-5-6-15-14(11-13)12-16(23)20-15/h5-6,11H,4,7-10,12H2,1-3H3,(H,20,23). The molecule has 1 N–H and O–H groups in total. The zero-order chi connectivity index (χ0) is 18.2. The molecule has 1 fully saturated rings. The first kappa shape index (κ1) is 17.5. The minimum absolute atomic E-state index is 0.0350. The number of nitrogens with zero attached hydrogens (tertiary/aromatic N) is 2. The molecule has 0 atom stereocenters. The molecule has 1 aromatic carbocycles. The summed E-state index contributed by atoms with van der Waals surface area (Å²) < 4.78 is 0. The number of rotatable bonds is 1. The summed E-state index contributed by atoms with van der Waals surface area (Å²) in [5, 5.41) is 2.78. The highest BCUT2D eigenvalue weighted by Crippen LogP contribution is 2.25. The third-order valence-electron chi connectivity index (χ3n) is 4.69. The van der Waals surface area contributed by atoms with E-state index in [1.165, 1.54) is 0 Å². The lowest BCUT2D eigenvalue weighted by Gasteiger charge is -2.28. The SMILES string of the molecule is CC(C)(C)C(=O)N1CCCN(C(=O)c2ccc3c(c2)CC(=O)N3)CC1. The largest absolute Gasteiger partial charge is 0.340 e. The van der Waals surface area contributed by atoms with Crippen molar-refractivity contribution < 1.29 is 14.4 Å².